The molecule has 0 fully saturated rings. The Morgan fingerprint density at radius 3 is 2.45 bits per heavy atom. The zero-order valence-corrected chi connectivity index (χ0v) is 10.6. The molecular formula is C16H13FO3. The van der Waals surface area contributed by atoms with Gasteiger partial charge in [-0.05, 0) is 41.7 Å². The molecule has 2 N–H and O–H groups in total. The van der Waals surface area contributed by atoms with Gasteiger partial charge in [-0.25, -0.2) is 4.39 Å². The van der Waals surface area contributed by atoms with Crippen LogP contribution in [0, 0.1) is 5.82 Å². The van der Waals surface area contributed by atoms with Crippen molar-refractivity contribution in [2.45, 2.75) is 18.8 Å². The van der Waals surface area contributed by atoms with E-state index in [1.54, 1.807) is 12.1 Å². The van der Waals surface area contributed by atoms with Gasteiger partial charge < -0.3 is 10.2 Å². The first-order valence-corrected chi connectivity index (χ1v) is 6.38. The molecule has 0 saturated heterocycles. The summed E-state index contributed by atoms with van der Waals surface area (Å²) in [4.78, 5) is 12.2. The Morgan fingerprint density at radius 1 is 1.05 bits per heavy atom. The monoisotopic (exact) mass is 272 g/mol. The van der Waals surface area contributed by atoms with E-state index in [9.17, 15) is 19.4 Å². The average molecular weight is 272 g/mol. The molecule has 0 radical (unpaired) electrons. The molecule has 0 saturated carbocycles. The fourth-order valence-electron chi connectivity index (χ4n) is 2.79. The number of carbonyl (C=O) groups excluding carboxylic acids is 1. The zero-order chi connectivity index (χ0) is 14.3. The first-order valence-electron chi connectivity index (χ1n) is 6.38. The highest BCUT2D eigenvalue weighted by Gasteiger charge is 2.29. The van der Waals surface area contributed by atoms with Crippen LogP contribution in [0.25, 0.3) is 0 Å². The maximum atomic E-state index is 12.9. The van der Waals surface area contributed by atoms with Gasteiger partial charge in [0.05, 0.1) is 5.56 Å². The van der Waals surface area contributed by atoms with Crippen molar-refractivity contribution in [3.63, 3.8) is 0 Å². The van der Waals surface area contributed by atoms with E-state index < -0.39 is 0 Å². The molecular weight excluding hydrogens is 259 g/mol. The topological polar surface area (TPSA) is 57.5 Å². The summed E-state index contributed by atoms with van der Waals surface area (Å²) in [6, 6.07) is 8.75. The minimum atomic E-state index is -0.313. The zero-order valence-electron chi connectivity index (χ0n) is 10.6. The van der Waals surface area contributed by atoms with Gasteiger partial charge in [-0.2, -0.15) is 0 Å². The second-order valence-electron chi connectivity index (χ2n) is 5.08. The summed E-state index contributed by atoms with van der Waals surface area (Å²) >= 11 is 0. The maximum absolute atomic E-state index is 12.9. The minimum absolute atomic E-state index is 0.0585. The van der Waals surface area contributed by atoms with Crippen molar-refractivity contribution < 1.29 is 19.4 Å². The van der Waals surface area contributed by atoms with Gasteiger partial charge in [-0.3, -0.25) is 4.79 Å². The Bertz CT molecular complexity index is 677. The highest BCUT2D eigenvalue weighted by Crippen LogP contribution is 2.38. The van der Waals surface area contributed by atoms with E-state index in [2.05, 4.69) is 0 Å². The molecule has 0 spiro atoms. The normalized spacial score (nSPS) is 17.9. The lowest BCUT2D eigenvalue weighted by Crippen LogP contribution is -2.18. The first kappa shape index (κ1) is 12.7. The quantitative estimate of drug-likeness (QED) is 0.838. The Morgan fingerprint density at radius 2 is 1.75 bits per heavy atom. The van der Waals surface area contributed by atoms with Crippen molar-refractivity contribution in [2.24, 2.45) is 0 Å². The number of fused-ring (bicyclic) bond motifs is 1. The van der Waals surface area contributed by atoms with Crippen molar-refractivity contribution in [3.8, 4) is 11.5 Å². The molecule has 0 aliphatic heterocycles. The van der Waals surface area contributed by atoms with Crippen molar-refractivity contribution in [1.29, 1.82) is 0 Å². The Hall–Kier alpha value is -2.36. The molecule has 1 atom stereocenters. The number of Topliss-reactive ketones (excluding diaryl/α,β-unsaturated/α-hetero) is 1. The van der Waals surface area contributed by atoms with Gasteiger partial charge in [0.2, 0.25) is 0 Å². The van der Waals surface area contributed by atoms with Gasteiger partial charge in [0.15, 0.2) is 5.78 Å². The van der Waals surface area contributed by atoms with Gasteiger partial charge in [0.1, 0.15) is 17.3 Å². The maximum Gasteiger partial charge on any atom is 0.167 e. The summed E-state index contributed by atoms with van der Waals surface area (Å²) in [5, 5.41) is 19.3. The lowest BCUT2D eigenvalue weighted by Gasteiger charge is -2.24. The van der Waals surface area contributed by atoms with Crippen LogP contribution in [0.3, 0.4) is 0 Å². The summed E-state index contributed by atoms with van der Waals surface area (Å²) in [6.07, 6.45) is 0.811. The third kappa shape index (κ3) is 2.13. The molecule has 1 aliphatic carbocycles. The second-order valence-corrected chi connectivity index (χ2v) is 5.08. The molecule has 20 heavy (non-hydrogen) atoms. The van der Waals surface area contributed by atoms with E-state index in [4.69, 9.17) is 0 Å². The fourth-order valence-corrected chi connectivity index (χ4v) is 2.79. The number of aromatic hydroxyl groups is 2. The van der Waals surface area contributed by atoms with Crippen molar-refractivity contribution >= 4 is 5.78 Å². The molecule has 2 aromatic carbocycles. The van der Waals surface area contributed by atoms with Gasteiger partial charge in [-0.15, -0.1) is 0 Å². The summed E-state index contributed by atoms with van der Waals surface area (Å²) in [6.45, 7) is 0. The number of ketones is 1. The molecule has 0 aromatic heterocycles. The van der Waals surface area contributed by atoms with Gasteiger partial charge in [0.25, 0.3) is 0 Å². The Kier molecular flexibility index (Phi) is 2.93. The first-order chi connectivity index (χ1) is 9.54. The van der Waals surface area contributed by atoms with E-state index in [0.717, 1.165) is 5.56 Å². The van der Waals surface area contributed by atoms with Crippen LogP contribution in [0.5, 0.6) is 11.5 Å². The standard InChI is InChI=1S/C16H13FO3/c17-12-3-1-9(2-4-12)10-5-11-6-13(18)8-15(20)16(11)14(19)7-10/h1-4,6,8,10,18,20H,5,7H2/t10-/m0/s1. The smallest absolute Gasteiger partial charge is 0.167 e. The molecule has 3 nitrogen and oxygen atoms in total. The third-order valence-corrected chi connectivity index (χ3v) is 3.70. The molecule has 1 aliphatic rings. The van der Waals surface area contributed by atoms with Crippen LogP contribution in [-0.2, 0) is 6.42 Å². The average Bonchev–Trinajstić information content (AvgIpc) is 2.38. The van der Waals surface area contributed by atoms with E-state index >= 15 is 0 Å². The molecule has 2 aromatic rings. The number of halogens is 1. The van der Waals surface area contributed by atoms with E-state index in [1.165, 1.54) is 24.3 Å². The Labute approximate surface area is 115 Å². The molecule has 4 heteroatoms. The molecule has 3 rings (SSSR count). The van der Waals surface area contributed by atoms with Crippen LogP contribution < -0.4 is 0 Å². The number of benzene rings is 2. The predicted octanol–water partition coefficient (Wildman–Crippen LogP) is 3.15. The fraction of sp³-hybridized carbons (Fsp3) is 0.188. The molecule has 0 amide bonds. The van der Waals surface area contributed by atoms with Crippen LogP contribution in [0.4, 0.5) is 4.39 Å². The summed E-state index contributed by atoms with van der Waals surface area (Å²) in [5.41, 5.74) is 1.81. The van der Waals surface area contributed by atoms with Crippen LogP contribution in [0.15, 0.2) is 36.4 Å². The van der Waals surface area contributed by atoms with Crippen LogP contribution in [0.1, 0.15) is 33.8 Å². The van der Waals surface area contributed by atoms with Gasteiger partial charge in [0, 0.05) is 12.5 Å². The number of phenols is 2. The number of carbonyl (C=O) groups is 1. The van der Waals surface area contributed by atoms with Crippen molar-refractivity contribution in [1.82, 2.24) is 0 Å². The third-order valence-electron chi connectivity index (χ3n) is 3.70. The van der Waals surface area contributed by atoms with Crippen LogP contribution >= 0.6 is 0 Å². The largest absolute Gasteiger partial charge is 0.508 e. The van der Waals surface area contributed by atoms with Crippen LogP contribution in [-0.4, -0.2) is 16.0 Å². The lowest BCUT2D eigenvalue weighted by atomic mass is 9.79. The highest BCUT2D eigenvalue weighted by molar-refractivity contribution is 6.01. The SMILES string of the molecule is O=C1C[C@@H](c2ccc(F)cc2)Cc2cc(O)cc(O)c21. The minimum Gasteiger partial charge on any atom is -0.508 e. The molecule has 102 valence electrons. The van der Waals surface area contributed by atoms with Crippen LogP contribution in [0.2, 0.25) is 0 Å². The summed E-state index contributed by atoms with van der Waals surface area (Å²) in [5.74, 6) is -0.766. The summed E-state index contributed by atoms with van der Waals surface area (Å²) < 4.78 is 12.9. The van der Waals surface area contributed by atoms with E-state index in [-0.39, 0.29) is 35.4 Å². The highest BCUT2D eigenvalue weighted by atomic mass is 19.1. The number of hydrogen-bond donors (Lipinski definition) is 2. The Balaban J connectivity index is 2.00. The lowest BCUT2D eigenvalue weighted by molar-refractivity contribution is 0.0961. The second kappa shape index (κ2) is 4.63. The van der Waals surface area contributed by atoms with Crippen molar-refractivity contribution in [2.75, 3.05) is 0 Å². The number of hydrogen-bond acceptors (Lipinski definition) is 3. The van der Waals surface area contributed by atoms with Gasteiger partial charge in [-0.1, -0.05) is 12.1 Å². The molecule has 0 unspecified atom stereocenters. The van der Waals surface area contributed by atoms with E-state index in [1.807, 2.05) is 0 Å². The number of phenolic OH excluding ortho intramolecular Hbond substituents is 2. The van der Waals surface area contributed by atoms with Crippen molar-refractivity contribution in [3.05, 3.63) is 58.9 Å². The molecule has 0 bridgehead atoms. The summed E-state index contributed by atoms with van der Waals surface area (Å²) in [7, 11) is 0. The van der Waals surface area contributed by atoms with Gasteiger partial charge >= 0.3 is 0 Å². The number of rotatable bonds is 1. The molecule has 0 heterocycles. The van der Waals surface area contributed by atoms with E-state index in [0.29, 0.717) is 17.5 Å². The predicted molar refractivity (Wildman–Crippen MR) is 71.6 cm³/mol.